The number of carbonyl (C=O) groups is 1. The topological polar surface area (TPSA) is 93.6 Å². The number of hydrogen-bond donors (Lipinski definition) is 2. The quantitative estimate of drug-likeness (QED) is 0.669. The summed E-state index contributed by atoms with van der Waals surface area (Å²) in [5.41, 5.74) is 2.57. The number of nitrogens with zero attached hydrogens (tertiary/aromatic N) is 3. The van der Waals surface area contributed by atoms with Crippen LogP contribution in [0.25, 0.3) is 5.69 Å². The summed E-state index contributed by atoms with van der Waals surface area (Å²) in [5.74, 6) is 4.11. The van der Waals surface area contributed by atoms with Gasteiger partial charge in [0, 0.05) is 31.0 Å². The molecule has 2 aliphatic heterocycles. The van der Waals surface area contributed by atoms with Gasteiger partial charge < -0.3 is 20.5 Å². The number of likely N-dealkylation sites (N-methyl/N-ethyl adjacent to an activating group) is 1. The molecule has 1 amide bonds. The Kier molecular flexibility index (Phi) is 4.98. The Bertz CT molecular complexity index is 1120. The molecular formula is C21H21F3N4O3. The Morgan fingerprint density at radius 2 is 2.16 bits per heavy atom. The first-order chi connectivity index (χ1) is 14.5. The van der Waals surface area contributed by atoms with Crippen molar-refractivity contribution in [2.45, 2.75) is 31.0 Å². The van der Waals surface area contributed by atoms with Gasteiger partial charge in [-0.2, -0.15) is 18.3 Å². The average molecular weight is 434 g/mol. The van der Waals surface area contributed by atoms with Gasteiger partial charge in [0.05, 0.1) is 12.3 Å². The number of nitrogens with two attached hydrogens (primary N) is 1. The van der Waals surface area contributed by atoms with Crippen LogP contribution in [0.3, 0.4) is 0 Å². The minimum Gasteiger partial charge on any atom is -0.491 e. The van der Waals surface area contributed by atoms with Gasteiger partial charge in [0.1, 0.15) is 22.6 Å². The van der Waals surface area contributed by atoms with E-state index in [4.69, 9.17) is 10.5 Å². The lowest BCUT2D eigenvalue weighted by molar-refractivity contribution is -0.138. The van der Waals surface area contributed by atoms with Crippen LogP contribution in [-0.4, -0.2) is 58.0 Å². The molecule has 0 saturated carbocycles. The van der Waals surface area contributed by atoms with Gasteiger partial charge in [-0.05, 0) is 25.2 Å². The molecule has 0 spiro atoms. The zero-order chi connectivity index (χ0) is 22.6. The Morgan fingerprint density at radius 3 is 2.77 bits per heavy atom. The average Bonchev–Trinajstić information content (AvgIpc) is 3.22. The van der Waals surface area contributed by atoms with E-state index in [0.29, 0.717) is 30.8 Å². The predicted molar refractivity (Wildman–Crippen MR) is 105 cm³/mol. The van der Waals surface area contributed by atoms with Gasteiger partial charge in [-0.3, -0.25) is 4.79 Å². The molecular weight excluding hydrogens is 413 g/mol. The van der Waals surface area contributed by atoms with Gasteiger partial charge in [0.15, 0.2) is 5.69 Å². The number of aromatic nitrogens is 2. The van der Waals surface area contributed by atoms with E-state index in [1.54, 1.807) is 19.1 Å². The Labute approximate surface area is 176 Å². The number of amides is 1. The van der Waals surface area contributed by atoms with Crippen molar-refractivity contribution < 1.29 is 27.8 Å². The molecule has 10 heteroatoms. The summed E-state index contributed by atoms with van der Waals surface area (Å²) < 4.78 is 48.2. The fraction of sp³-hybridized carbons (Fsp3) is 0.429. The first-order valence-corrected chi connectivity index (χ1v) is 9.70. The molecule has 2 aliphatic rings. The standard InChI is InChI=1S/C21H21F3N4O3/c1-12-10-31-15-4-3-13(5-6-20(30)7-8-27(2)11-20)9-14(15)28-18(12)16(21(22,23)24)17(26-28)19(25)29/h3-4,9,12,30H,7-8,10-11H2,1-2H3,(H2,25,29)/t12-,20+/m1/s1. The number of fused-ring (bicyclic) bond motifs is 3. The van der Waals surface area contributed by atoms with Crippen LogP contribution < -0.4 is 10.5 Å². The van der Waals surface area contributed by atoms with Crippen molar-refractivity contribution in [2.24, 2.45) is 5.73 Å². The highest BCUT2D eigenvalue weighted by Crippen LogP contribution is 2.41. The molecule has 31 heavy (non-hydrogen) atoms. The van der Waals surface area contributed by atoms with E-state index < -0.39 is 34.9 Å². The maximum atomic E-state index is 13.8. The monoisotopic (exact) mass is 434 g/mol. The van der Waals surface area contributed by atoms with Crippen LogP contribution in [0.1, 0.15) is 46.6 Å². The Hall–Kier alpha value is -3.03. The number of alkyl halides is 3. The van der Waals surface area contributed by atoms with Crippen molar-refractivity contribution in [2.75, 3.05) is 26.7 Å². The number of hydrogen-bond acceptors (Lipinski definition) is 5. The number of halogens is 3. The van der Waals surface area contributed by atoms with Crippen molar-refractivity contribution in [1.82, 2.24) is 14.7 Å². The molecule has 1 fully saturated rings. The van der Waals surface area contributed by atoms with Crippen LogP contribution in [0, 0.1) is 11.8 Å². The number of carbonyl (C=O) groups excluding carboxylic acids is 1. The molecule has 0 radical (unpaired) electrons. The molecule has 3 N–H and O–H groups in total. The van der Waals surface area contributed by atoms with Crippen LogP contribution in [0.5, 0.6) is 5.75 Å². The molecule has 2 aromatic rings. The van der Waals surface area contributed by atoms with Gasteiger partial charge in [-0.25, -0.2) is 4.68 Å². The highest BCUT2D eigenvalue weighted by atomic mass is 19.4. The number of β-amino-alcohol motifs (C(OH)–C–C–N with tert-alkyl or cyclic N) is 1. The number of primary amides is 1. The molecule has 1 saturated heterocycles. The molecule has 3 heterocycles. The third kappa shape index (κ3) is 3.86. The number of benzene rings is 1. The smallest absolute Gasteiger partial charge is 0.420 e. The largest absolute Gasteiger partial charge is 0.491 e. The SMILES string of the molecule is C[C@@H]1COc2ccc(C#C[C@]3(O)CCN(C)C3)cc2-n2nc(C(N)=O)c(C(F)(F)F)c21. The van der Waals surface area contributed by atoms with E-state index in [1.807, 2.05) is 11.9 Å². The molecule has 0 bridgehead atoms. The maximum absolute atomic E-state index is 13.8. The van der Waals surface area contributed by atoms with Crippen LogP contribution in [0.15, 0.2) is 18.2 Å². The highest BCUT2D eigenvalue weighted by molar-refractivity contribution is 5.93. The predicted octanol–water partition coefficient (Wildman–Crippen LogP) is 1.90. The third-order valence-corrected chi connectivity index (χ3v) is 5.46. The summed E-state index contributed by atoms with van der Waals surface area (Å²) >= 11 is 0. The first kappa shape index (κ1) is 21.2. The molecule has 2 atom stereocenters. The lowest BCUT2D eigenvalue weighted by Gasteiger charge is -2.14. The van der Waals surface area contributed by atoms with Crippen LogP contribution >= 0.6 is 0 Å². The second-order valence-electron chi connectivity index (χ2n) is 8.05. The fourth-order valence-electron chi connectivity index (χ4n) is 3.97. The minimum absolute atomic E-state index is 0.0307. The summed E-state index contributed by atoms with van der Waals surface area (Å²) in [6, 6.07) is 4.78. The Morgan fingerprint density at radius 1 is 1.42 bits per heavy atom. The molecule has 0 aliphatic carbocycles. The van der Waals surface area contributed by atoms with E-state index in [1.165, 1.54) is 6.07 Å². The molecule has 164 valence electrons. The van der Waals surface area contributed by atoms with Gasteiger partial charge in [0.2, 0.25) is 0 Å². The van der Waals surface area contributed by atoms with Crippen LogP contribution in [0.4, 0.5) is 13.2 Å². The van der Waals surface area contributed by atoms with E-state index in [0.717, 1.165) is 4.68 Å². The molecule has 1 aromatic heterocycles. The van der Waals surface area contributed by atoms with Gasteiger partial charge in [0.25, 0.3) is 5.91 Å². The number of likely N-dealkylation sites (tertiary alicyclic amines) is 1. The zero-order valence-electron chi connectivity index (χ0n) is 17.0. The van der Waals surface area contributed by atoms with Crippen molar-refractivity contribution in [3.63, 3.8) is 0 Å². The van der Waals surface area contributed by atoms with Gasteiger partial charge >= 0.3 is 6.18 Å². The van der Waals surface area contributed by atoms with E-state index in [2.05, 4.69) is 16.9 Å². The molecule has 7 nitrogen and oxygen atoms in total. The van der Waals surface area contributed by atoms with Crippen molar-refractivity contribution >= 4 is 5.91 Å². The van der Waals surface area contributed by atoms with E-state index in [9.17, 15) is 23.1 Å². The second-order valence-corrected chi connectivity index (χ2v) is 8.05. The summed E-state index contributed by atoms with van der Waals surface area (Å²) in [7, 11) is 1.88. The number of rotatable bonds is 1. The normalized spacial score (nSPS) is 23.2. The fourth-order valence-corrected chi connectivity index (χ4v) is 3.97. The third-order valence-electron chi connectivity index (χ3n) is 5.46. The lowest BCUT2D eigenvalue weighted by atomic mass is 10.0. The number of aliphatic hydroxyl groups is 1. The van der Waals surface area contributed by atoms with E-state index in [-0.39, 0.29) is 18.0 Å². The summed E-state index contributed by atoms with van der Waals surface area (Å²) in [6.07, 6.45) is -4.31. The van der Waals surface area contributed by atoms with Crippen molar-refractivity contribution in [3.8, 4) is 23.3 Å². The molecule has 1 aromatic carbocycles. The van der Waals surface area contributed by atoms with Gasteiger partial charge in [-0.15, -0.1) is 0 Å². The molecule has 0 unspecified atom stereocenters. The van der Waals surface area contributed by atoms with Crippen molar-refractivity contribution in [3.05, 3.63) is 40.7 Å². The van der Waals surface area contributed by atoms with Crippen molar-refractivity contribution in [1.29, 1.82) is 0 Å². The highest BCUT2D eigenvalue weighted by Gasteiger charge is 2.44. The Balaban J connectivity index is 1.85. The van der Waals surface area contributed by atoms with E-state index >= 15 is 0 Å². The first-order valence-electron chi connectivity index (χ1n) is 9.70. The molecule has 4 rings (SSSR count). The number of ether oxygens (including phenoxy) is 1. The summed E-state index contributed by atoms with van der Waals surface area (Å²) in [5, 5.41) is 14.5. The lowest BCUT2D eigenvalue weighted by Crippen LogP contribution is -2.29. The zero-order valence-corrected chi connectivity index (χ0v) is 17.0. The van der Waals surface area contributed by atoms with Gasteiger partial charge in [-0.1, -0.05) is 18.8 Å². The second kappa shape index (κ2) is 7.28. The maximum Gasteiger partial charge on any atom is 0.420 e. The summed E-state index contributed by atoms with van der Waals surface area (Å²) in [6.45, 7) is 2.66. The summed E-state index contributed by atoms with van der Waals surface area (Å²) in [4.78, 5) is 13.7. The van der Waals surface area contributed by atoms with Crippen LogP contribution in [-0.2, 0) is 6.18 Å². The minimum atomic E-state index is -4.81. The van der Waals surface area contributed by atoms with Crippen LogP contribution in [0.2, 0.25) is 0 Å².